The summed E-state index contributed by atoms with van der Waals surface area (Å²) in [7, 11) is 3.18. The van der Waals surface area contributed by atoms with E-state index in [0.717, 1.165) is 22.4 Å². The number of carbonyl (C=O) groups excluding carboxylic acids is 1. The van der Waals surface area contributed by atoms with Crippen LogP contribution in [-0.4, -0.2) is 25.1 Å². The molecular weight excluding hydrogens is 380 g/mol. The molecule has 6 nitrogen and oxygen atoms in total. The van der Waals surface area contributed by atoms with Crippen LogP contribution in [0.5, 0.6) is 17.2 Å². The molecule has 0 radical (unpaired) electrons. The SMILES string of the molecule is COc1ccc(CC(=O)NC(C)c2ccc(OCc3cccnc3)cc2)c(OC)c1. The van der Waals surface area contributed by atoms with Crippen molar-refractivity contribution >= 4 is 5.91 Å². The summed E-state index contributed by atoms with van der Waals surface area (Å²) in [6.07, 6.45) is 3.74. The molecule has 3 rings (SSSR count). The van der Waals surface area contributed by atoms with E-state index in [1.807, 2.05) is 55.5 Å². The zero-order valence-electron chi connectivity index (χ0n) is 17.4. The Morgan fingerprint density at radius 2 is 1.80 bits per heavy atom. The van der Waals surface area contributed by atoms with Crippen LogP contribution in [0, 0.1) is 0 Å². The average molecular weight is 406 g/mol. The second kappa shape index (κ2) is 10.3. The number of aromatic nitrogens is 1. The lowest BCUT2D eigenvalue weighted by Gasteiger charge is -2.16. The van der Waals surface area contributed by atoms with Gasteiger partial charge < -0.3 is 19.5 Å². The Balaban J connectivity index is 1.55. The second-order valence-electron chi connectivity index (χ2n) is 6.86. The molecule has 0 aliphatic heterocycles. The lowest BCUT2D eigenvalue weighted by molar-refractivity contribution is -0.121. The molecule has 0 saturated heterocycles. The molecule has 1 amide bonds. The number of pyridine rings is 1. The molecule has 1 atom stereocenters. The number of nitrogens with zero attached hydrogens (tertiary/aromatic N) is 1. The van der Waals surface area contributed by atoms with Crippen LogP contribution in [0.4, 0.5) is 0 Å². The third-order valence-corrected chi connectivity index (χ3v) is 4.73. The van der Waals surface area contributed by atoms with Crippen LogP contribution in [0.15, 0.2) is 67.0 Å². The topological polar surface area (TPSA) is 69.7 Å². The molecule has 2 aromatic carbocycles. The molecule has 1 aromatic heterocycles. The van der Waals surface area contributed by atoms with Crippen LogP contribution in [0.2, 0.25) is 0 Å². The third kappa shape index (κ3) is 5.73. The van der Waals surface area contributed by atoms with Crippen LogP contribution < -0.4 is 19.5 Å². The Kier molecular flexibility index (Phi) is 7.27. The van der Waals surface area contributed by atoms with E-state index in [0.29, 0.717) is 18.1 Å². The molecule has 3 aromatic rings. The molecule has 1 N–H and O–H groups in total. The van der Waals surface area contributed by atoms with Crippen molar-refractivity contribution in [3.05, 3.63) is 83.7 Å². The van der Waals surface area contributed by atoms with Crippen LogP contribution in [0.3, 0.4) is 0 Å². The summed E-state index contributed by atoms with van der Waals surface area (Å²) >= 11 is 0. The summed E-state index contributed by atoms with van der Waals surface area (Å²) in [4.78, 5) is 16.6. The average Bonchev–Trinajstić information content (AvgIpc) is 2.79. The van der Waals surface area contributed by atoms with E-state index >= 15 is 0 Å². The number of carbonyl (C=O) groups is 1. The number of hydrogen-bond donors (Lipinski definition) is 1. The zero-order chi connectivity index (χ0) is 21.3. The van der Waals surface area contributed by atoms with Crippen molar-refractivity contribution in [1.82, 2.24) is 10.3 Å². The molecule has 0 aliphatic carbocycles. The number of hydrogen-bond acceptors (Lipinski definition) is 5. The Morgan fingerprint density at radius 1 is 1.03 bits per heavy atom. The lowest BCUT2D eigenvalue weighted by Crippen LogP contribution is -2.28. The van der Waals surface area contributed by atoms with Crippen molar-refractivity contribution in [2.75, 3.05) is 14.2 Å². The monoisotopic (exact) mass is 406 g/mol. The molecule has 1 unspecified atom stereocenters. The Morgan fingerprint density at radius 3 is 2.47 bits per heavy atom. The molecule has 0 bridgehead atoms. The van der Waals surface area contributed by atoms with Gasteiger partial charge >= 0.3 is 0 Å². The molecular formula is C24H26N2O4. The van der Waals surface area contributed by atoms with Crippen molar-refractivity contribution in [3.63, 3.8) is 0 Å². The normalized spacial score (nSPS) is 11.4. The number of ether oxygens (including phenoxy) is 3. The van der Waals surface area contributed by atoms with Crippen LogP contribution >= 0.6 is 0 Å². The molecule has 6 heteroatoms. The van der Waals surface area contributed by atoms with Crippen LogP contribution in [0.1, 0.15) is 29.7 Å². The van der Waals surface area contributed by atoms with E-state index in [-0.39, 0.29) is 18.4 Å². The summed E-state index contributed by atoms with van der Waals surface area (Å²) in [5.41, 5.74) is 2.82. The van der Waals surface area contributed by atoms with E-state index < -0.39 is 0 Å². The molecule has 1 heterocycles. The highest BCUT2D eigenvalue weighted by molar-refractivity contribution is 5.79. The van der Waals surface area contributed by atoms with Gasteiger partial charge in [-0.1, -0.05) is 24.3 Å². The lowest BCUT2D eigenvalue weighted by atomic mass is 10.1. The van der Waals surface area contributed by atoms with E-state index in [2.05, 4.69) is 10.3 Å². The van der Waals surface area contributed by atoms with Gasteiger partial charge in [0.2, 0.25) is 5.91 Å². The van der Waals surface area contributed by atoms with Gasteiger partial charge in [-0.25, -0.2) is 0 Å². The summed E-state index contributed by atoms with van der Waals surface area (Å²) in [6, 6.07) is 16.9. The van der Waals surface area contributed by atoms with Crippen molar-refractivity contribution in [1.29, 1.82) is 0 Å². The van der Waals surface area contributed by atoms with E-state index in [9.17, 15) is 4.79 Å². The molecule has 0 spiro atoms. The minimum atomic E-state index is -0.130. The Hall–Kier alpha value is -3.54. The fraction of sp³-hybridized carbons (Fsp3) is 0.250. The molecule has 30 heavy (non-hydrogen) atoms. The van der Waals surface area contributed by atoms with Gasteiger partial charge in [-0.3, -0.25) is 9.78 Å². The van der Waals surface area contributed by atoms with Gasteiger partial charge in [0, 0.05) is 29.6 Å². The van der Waals surface area contributed by atoms with Crippen molar-refractivity contribution in [2.45, 2.75) is 26.0 Å². The number of nitrogens with one attached hydrogen (secondary N) is 1. The maximum atomic E-state index is 12.5. The first-order valence-electron chi connectivity index (χ1n) is 9.71. The summed E-state index contributed by atoms with van der Waals surface area (Å²) in [5.74, 6) is 2.01. The predicted octanol–water partition coefficient (Wildman–Crippen LogP) is 4.10. The number of methoxy groups -OCH3 is 2. The largest absolute Gasteiger partial charge is 0.497 e. The standard InChI is InChI=1S/C24H26N2O4/c1-17(26-24(27)13-20-8-11-22(28-2)14-23(20)29-3)19-6-9-21(10-7-19)30-16-18-5-4-12-25-15-18/h4-12,14-15,17H,13,16H2,1-3H3,(H,26,27). The minimum absolute atomic E-state index is 0.0807. The fourth-order valence-corrected chi connectivity index (χ4v) is 3.05. The van der Waals surface area contributed by atoms with Gasteiger partial charge in [0.25, 0.3) is 0 Å². The molecule has 0 saturated carbocycles. The molecule has 156 valence electrons. The highest BCUT2D eigenvalue weighted by Gasteiger charge is 2.13. The van der Waals surface area contributed by atoms with Gasteiger partial charge in [0.1, 0.15) is 23.9 Å². The predicted molar refractivity (Wildman–Crippen MR) is 115 cm³/mol. The summed E-state index contributed by atoms with van der Waals surface area (Å²) in [6.45, 7) is 2.41. The molecule has 0 aliphatic rings. The first kappa shape index (κ1) is 21.2. The minimum Gasteiger partial charge on any atom is -0.497 e. The summed E-state index contributed by atoms with van der Waals surface area (Å²) in [5, 5.41) is 3.03. The first-order valence-corrected chi connectivity index (χ1v) is 9.71. The number of rotatable bonds is 9. The van der Waals surface area contributed by atoms with Crippen LogP contribution in [-0.2, 0) is 17.8 Å². The van der Waals surface area contributed by atoms with E-state index in [4.69, 9.17) is 14.2 Å². The highest BCUT2D eigenvalue weighted by atomic mass is 16.5. The van der Waals surface area contributed by atoms with Gasteiger partial charge in [-0.2, -0.15) is 0 Å². The Bertz CT molecular complexity index is 959. The Labute approximate surface area is 176 Å². The van der Waals surface area contributed by atoms with Gasteiger partial charge in [-0.05, 0) is 36.8 Å². The third-order valence-electron chi connectivity index (χ3n) is 4.73. The molecule has 0 fully saturated rings. The van der Waals surface area contributed by atoms with Crippen molar-refractivity contribution in [2.24, 2.45) is 0 Å². The van der Waals surface area contributed by atoms with Crippen LogP contribution in [0.25, 0.3) is 0 Å². The van der Waals surface area contributed by atoms with E-state index in [1.54, 1.807) is 32.7 Å². The van der Waals surface area contributed by atoms with Gasteiger partial charge in [0.05, 0.1) is 26.7 Å². The summed E-state index contributed by atoms with van der Waals surface area (Å²) < 4.78 is 16.3. The first-order chi connectivity index (χ1) is 14.6. The van der Waals surface area contributed by atoms with Crippen molar-refractivity contribution in [3.8, 4) is 17.2 Å². The fourth-order valence-electron chi connectivity index (χ4n) is 3.05. The maximum Gasteiger partial charge on any atom is 0.225 e. The van der Waals surface area contributed by atoms with E-state index in [1.165, 1.54) is 0 Å². The smallest absolute Gasteiger partial charge is 0.225 e. The second-order valence-corrected chi connectivity index (χ2v) is 6.86. The number of amides is 1. The van der Waals surface area contributed by atoms with Gasteiger partial charge in [-0.15, -0.1) is 0 Å². The number of benzene rings is 2. The maximum absolute atomic E-state index is 12.5. The van der Waals surface area contributed by atoms with Gasteiger partial charge in [0.15, 0.2) is 0 Å². The highest BCUT2D eigenvalue weighted by Crippen LogP contribution is 2.25. The quantitative estimate of drug-likeness (QED) is 0.579. The van der Waals surface area contributed by atoms with Crippen molar-refractivity contribution < 1.29 is 19.0 Å². The zero-order valence-corrected chi connectivity index (χ0v) is 17.4.